The molecule has 0 amide bonds. The van der Waals surface area contributed by atoms with Gasteiger partial charge in [0.15, 0.2) is 12.4 Å². The average Bonchev–Trinajstić information content (AvgIpc) is 2.86. The van der Waals surface area contributed by atoms with Gasteiger partial charge in [0, 0.05) is 23.9 Å². The molecule has 1 aliphatic rings. The van der Waals surface area contributed by atoms with E-state index in [1.807, 2.05) is 24.7 Å². The van der Waals surface area contributed by atoms with Crippen molar-refractivity contribution in [2.24, 2.45) is 0 Å². The molecular weight excluding hydrogens is 250 g/mol. The van der Waals surface area contributed by atoms with Crippen LogP contribution in [0.2, 0.25) is 0 Å². The molecule has 0 spiro atoms. The Morgan fingerprint density at radius 3 is 3.10 bits per heavy atom. The zero-order chi connectivity index (χ0) is 13.7. The Kier molecular flexibility index (Phi) is 2.06. The van der Waals surface area contributed by atoms with E-state index in [-0.39, 0.29) is 0 Å². The molecule has 5 heteroatoms. The second-order valence-corrected chi connectivity index (χ2v) is 4.68. The first-order chi connectivity index (χ1) is 9.78. The van der Waals surface area contributed by atoms with Gasteiger partial charge in [-0.1, -0.05) is 6.58 Å². The predicted molar refractivity (Wildman–Crippen MR) is 78.3 cm³/mol. The molecule has 3 N–H and O–H groups in total. The number of aromatic nitrogens is 4. The molecular formula is C15H12N5+. The summed E-state index contributed by atoms with van der Waals surface area (Å²) in [5.74, 6) is 0.487. The summed E-state index contributed by atoms with van der Waals surface area (Å²) in [6, 6.07) is 4.17. The van der Waals surface area contributed by atoms with Crippen LogP contribution >= 0.6 is 0 Å². The fraction of sp³-hybridized carbons (Fsp3) is 0. The average molecular weight is 262 g/mol. The lowest BCUT2D eigenvalue weighted by atomic mass is 10.0. The predicted octanol–water partition coefficient (Wildman–Crippen LogP) is 1.99. The van der Waals surface area contributed by atoms with Crippen LogP contribution in [0, 0.1) is 0 Å². The Labute approximate surface area is 115 Å². The SMILES string of the molecule is C=CC1=C[n+]2ccc(-c3c[nH]c4ncnc(N)c34)cc21. The Hall–Kier alpha value is -2.95. The lowest BCUT2D eigenvalue weighted by Gasteiger charge is -2.10. The maximum atomic E-state index is 5.97. The van der Waals surface area contributed by atoms with E-state index in [0.717, 1.165) is 33.4 Å². The molecule has 20 heavy (non-hydrogen) atoms. The van der Waals surface area contributed by atoms with Crippen LogP contribution in [-0.4, -0.2) is 15.0 Å². The molecule has 0 aromatic carbocycles. The smallest absolute Gasteiger partial charge is 0.224 e. The maximum Gasteiger partial charge on any atom is 0.224 e. The Balaban J connectivity index is 1.93. The minimum Gasteiger partial charge on any atom is -0.383 e. The van der Waals surface area contributed by atoms with Gasteiger partial charge in [-0.3, -0.25) is 0 Å². The highest BCUT2D eigenvalue weighted by atomic mass is 15.0. The molecule has 0 saturated heterocycles. The number of pyridine rings is 1. The summed E-state index contributed by atoms with van der Waals surface area (Å²) in [7, 11) is 0. The van der Waals surface area contributed by atoms with Gasteiger partial charge in [0.1, 0.15) is 23.4 Å². The second-order valence-electron chi connectivity index (χ2n) is 4.68. The number of hydrogen-bond donors (Lipinski definition) is 2. The molecule has 1 aliphatic heterocycles. The van der Waals surface area contributed by atoms with Crippen LogP contribution in [0.25, 0.3) is 33.9 Å². The van der Waals surface area contributed by atoms with Crippen molar-refractivity contribution in [1.82, 2.24) is 15.0 Å². The number of fused-ring (bicyclic) bond motifs is 2. The molecule has 0 atom stereocenters. The zero-order valence-corrected chi connectivity index (χ0v) is 10.7. The van der Waals surface area contributed by atoms with E-state index < -0.39 is 0 Å². The summed E-state index contributed by atoms with van der Waals surface area (Å²) in [6.07, 6.45) is 9.29. The number of nitrogens with two attached hydrogens (primary N) is 1. The molecule has 3 aromatic heterocycles. The van der Waals surface area contributed by atoms with Crippen molar-refractivity contribution in [2.45, 2.75) is 0 Å². The van der Waals surface area contributed by atoms with Crippen molar-refractivity contribution in [1.29, 1.82) is 0 Å². The lowest BCUT2D eigenvalue weighted by Crippen LogP contribution is -2.37. The van der Waals surface area contributed by atoms with Crippen molar-refractivity contribution >= 4 is 28.6 Å². The number of nitrogen functional groups attached to an aromatic ring is 1. The van der Waals surface area contributed by atoms with Gasteiger partial charge in [0.25, 0.3) is 0 Å². The number of anilines is 1. The van der Waals surface area contributed by atoms with E-state index in [0.29, 0.717) is 5.82 Å². The van der Waals surface area contributed by atoms with E-state index in [2.05, 4.69) is 38.2 Å². The summed E-state index contributed by atoms with van der Waals surface area (Å²) in [6.45, 7) is 3.81. The third-order valence-corrected chi connectivity index (χ3v) is 3.59. The summed E-state index contributed by atoms with van der Waals surface area (Å²) in [5, 5.41) is 0.862. The number of H-pyrrole nitrogens is 1. The van der Waals surface area contributed by atoms with Gasteiger partial charge in [-0.15, -0.1) is 0 Å². The van der Waals surface area contributed by atoms with Crippen LogP contribution in [0.5, 0.6) is 0 Å². The Morgan fingerprint density at radius 1 is 1.35 bits per heavy atom. The van der Waals surface area contributed by atoms with E-state index in [9.17, 15) is 0 Å². The molecule has 0 aliphatic carbocycles. The van der Waals surface area contributed by atoms with Crippen LogP contribution in [0.3, 0.4) is 0 Å². The first kappa shape index (κ1) is 10.9. The number of aromatic amines is 1. The molecule has 4 heterocycles. The normalized spacial score (nSPS) is 12.7. The Morgan fingerprint density at radius 2 is 2.25 bits per heavy atom. The van der Waals surface area contributed by atoms with Crippen LogP contribution in [0.4, 0.5) is 5.82 Å². The molecule has 0 bridgehead atoms. The van der Waals surface area contributed by atoms with Crippen LogP contribution < -0.4 is 10.3 Å². The van der Waals surface area contributed by atoms with Crippen LogP contribution in [0.15, 0.2) is 43.5 Å². The standard InChI is InChI=1S/C15H11N5/c1-2-9-7-20-4-3-10(5-12(9)20)11-6-17-15-13(11)14(16)18-8-19-15/h2-8H,1H2,(H2,16,18,19)/p+1. The second kappa shape index (κ2) is 3.77. The largest absolute Gasteiger partial charge is 0.383 e. The molecule has 4 rings (SSSR count). The highest BCUT2D eigenvalue weighted by molar-refractivity contribution is 6.00. The number of nitrogens with zero attached hydrogens (tertiary/aromatic N) is 3. The number of rotatable bonds is 2. The maximum absolute atomic E-state index is 5.97. The quantitative estimate of drug-likeness (QED) is 0.694. The van der Waals surface area contributed by atoms with Crippen molar-refractivity contribution in [2.75, 3.05) is 5.73 Å². The van der Waals surface area contributed by atoms with E-state index >= 15 is 0 Å². The molecule has 3 aromatic rings. The summed E-state index contributed by atoms with van der Waals surface area (Å²) < 4.78 is 2.06. The van der Waals surface area contributed by atoms with Crippen molar-refractivity contribution in [3.8, 4) is 11.1 Å². The van der Waals surface area contributed by atoms with Gasteiger partial charge in [-0.2, -0.15) is 4.57 Å². The summed E-state index contributed by atoms with van der Waals surface area (Å²) in [4.78, 5) is 11.4. The first-order valence-electron chi connectivity index (χ1n) is 6.25. The fourth-order valence-electron chi connectivity index (χ4n) is 2.55. The summed E-state index contributed by atoms with van der Waals surface area (Å²) in [5.41, 5.74) is 11.1. The van der Waals surface area contributed by atoms with Gasteiger partial charge in [0.2, 0.25) is 5.69 Å². The topological polar surface area (TPSA) is 71.5 Å². The van der Waals surface area contributed by atoms with Gasteiger partial charge in [0.05, 0.1) is 5.39 Å². The van der Waals surface area contributed by atoms with Crippen molar-refractivity contribution < 1.29 is 4.57 Å². The summed E-state index contributed by atoms with van der Waals surface area (Å²) >= 11 is 0. The molecule has 5 nitrogen and oxygen atoms in total. The van der Waals surface area contributed by atoms with Gasteiger partial charge in [-0.25, -0.2) is 9.97 Å². The van der Waals surface area contributed by atoms with Gasteiger partial charge < -0.3 is 10.7 Å². The monoisotopic (exact) mass is 262 g/mol. The van der Waals surface area contributed by atoms with Crippen LogP contribution in [0.1, 0.15) is 5.69 Å². The zero-order valence-electron chi connectivity index (χ0n) is 10.7. The molecule has 0 saturated carbocycles. The fourth-order valence-corrected chi connectivity index (χ4v) is 2.55. The molecule has 0 fully saturated rings. The molecule has 96 valence electrons. The lowest BCUT2D eigenvalue weighted by molar-refractivity contribution is -0.582. The minimum atomic E-state index is 0.487. The Bertz CT molecular complexity index is 888. The molecule has 0 radical (unpaired) electrons. The van der Waals surface area contributed by atoms with E-state index in [4.69, 9.17) is 5.73 Å². The third kappa shape index (κ3) is 1.34. The van der Waals surface area contributed by atoms with Gasteiger partial charge in [-0.05, 0) is 11.6 Å². The van der Waals surface area contributed by atoms with Crippen LogP contribution in [-0.2, 0) is 0 Å². The van der Waals surface area contributed by atoms with E-state index in [1.54, 1.807) is 0 Å². The van der Waals surface area contributed by atoms with Gasteiger partial charge >= 0.3 is 0 Å². The highest BCUT2D eigenvalue weighted by Gasteiger charge is 2.24. The first-order valence-corrected chi connectivity index (χ1v) is 6.25. The number of allylic oxidation sites excluding steroid dienone is 2. The highest BCUT2D eigenvalue weighted by Crippen LogP contribution is 2.32. The third-order valence-electron chi connectivity index (χ3n) is 3.59. The van der Waals surface area contributed by atoms with E-state index in [1.165, 1.54) is 6.33 Å². The number of hydrogen-bond acceptors (Lipinski definition) is 3. The minimum absolute atomic E-state index is 0.487. The number of nitrogens with one attached hydrogen (secondary N) is 1. The van der Waals surface area contributed by atoms with Crippen molar-refractivity contribution in [3.63, 3.8) is 0 Å². The molecule has 0 unspecified atom stereocenters. The van der Waals surface area contributed by atoms with Crippen molar-refractivity contribution in [3.05, 3.63) is 49.2 Å².